The van der Waals surface area contributed by atoms with E-state index in [1.165, 1.54) is 17.5 Å². The predicted molar refractivity (Wildman–Crippen MR) is 95.8 cm³/mol. The molecule has 1 aromatic carbocycles. The van der Waals surface area contributed by atoms with Gasteiger partial charge in [0.05, 0.1) is 17.8 Å². The van der Waals surface area contributed by atoms with E-state index in [0.717, 1.165) is 44.5 Å². The van der Waals surface area contributed by atoms with Gasteiger partial charge >= 0.3 is 5.97 Å². The van der Waals surface area contributed by atoms with Crippen LogP contribution < -0.4 is 4.90 Å². The third-order valence-corrected chi connectivity index (χ3v) is 5.21. The molecule has 0 amide bonds. The van der Waals surface area contributed by atoms with Crippen molar-refractivity contribution >= 4 is 11.8 Å². The molecule has 0 spiro atoms. The van der Waals surface area contributed by atoms with Gasteiger partial charge in [-0.05, 0) is 61.8 Å². The van der Waals surface area contributed by atoms with Crippen molar-refractivity contribution in [2.45, 2.75) is 44.6 Å². The Hall–Kier alpha value is -2.43. The first-order valence-corrected chi connectivity index (χ1v) is 9.13. The van der Waals surface area contributed by atoms with Gasteiger partial charge in [0.1, 0.15) is 12.4 Å². The third kappa shape index (κ3) is 3.50. The Kier molecular flexibility index (Phi) is 4.63. The van der Waals surface area contributed by atoms with Crippen molar-refractivity contribution in [1.29, 1.82) is 0 Å². The summed E-state index contributed by atoms with van der Waals surface area (Å²) in [6, 6.07) is 6.15. The van der Waals surface area contributed by atoms with E-state index in [2.05, 4.69) is 20.9 Å². The van der Waals surface area contributed by atoms with Crippen molar-refractivity contribution in [3.05, 3.63) is 53.5 Å². The smallest absolute Gasteiger partial charge is 0.338 e. The Balaban J connectivity index is 1.41. The highest BCUT2D eigenvalue weighted by molar-refractivity contribution is 5.89. The first-order valence-electron chi connectivity index (χ1n) is 9.13. The fourth-order valence-electron chi connectivity index (χ4n) is 3.87. The number of esters is 1. The van der Waals surface area contributed by atoms with Gasteiger partial charge in [0.25, 0.3) is 0 Å². The number of piperidine rings is 1. The van der Waals surface area contributed by atoms with Crippen molar-refractivity contribution < 1.29 is 9.53 Å². The zero-order valence-corrected chi connectivity index (χ0v) is 14.4. The Morgan fingerprint density at radius 1 is 1.16 bits per heavy atom. The highest BCUT2D eigenvalue weighted by atomic mass is 16.5. The van der Waals surface area contributed by atoms with Crippen molar-refractivity contribution in [3.63, 3.8) is 0 Å². The van der Waals surface area contributed by atoms with E-state index in [1.807, 2.05) is 12.1 Å². The van der Waals surface area contributed by atoms with Crippen molar-refractivity contribution in [3.8, 4) is 0 Å². The number of hydrogen-bond acceptors (Lipinski definition) is 5. The number of nitrogens with zero attached hydrogens (tertiary/aromatic N) is 3. The summed E-state index contributed by atoms with van der Waals surface area (Å²) in [5.41, 5.74) is 3.34. The minimum Gasteiger partial charge on any atom is -0.460 e. The lowest BCUT2D eigenvalue weighted by atomic mass is 10.0. The molecule has 25 heavy (non-hydrogen) atoms. The standard InChI is InChI=1S/C20H23N3O2/c24-20(17-8-7-15-4-3-5-16(15)12-17)25-14-18-6-1-2-11-23(18)19-13-21-9-10-22-19/h7-10,12-13,18H,1-6,11,14H2. The van der Waals surface area contributed by atoms with E-state index in [1.54, 1.807) is 18.6 Å². The van der Waals surface area contributed by atoms with Crippen LogP contribution in [0.3, 0.4) is 0 Å². The normalized spacial score (nSPS) is 19.5. The number of anilines is 1. The summed E-state index contributed by atoms with van der Waals surface area (Å²) in [6.07, 6.45) is 11.8. The molecule has 5 heteroatoms. The maximum atomic E-state index is 12.5. The molecule has 0 bridgehead atoms. The number of aromatic nitrogens is 2. The number of carbonyl (C=O) groups excluding carboxylic acids is 1. The van der Waals surface area contributed by atoms with Crippen LogP contribution in [-0.2, 0) is 17.6 Å². The molecule has 5 nitrogen and oxygen atoms in total. The molecule has 0 radical (unpaired) electrons. The number of ether oxygens (including phenoxy) is 1. The van der Waals surface area contributed by atoms with Crippen LogP contribution in [0.15, 0.2) is 36.8 Å². The maximum absolute atomic E-state index is 12.5. The molecule has 1 aromatic heterocycles. The van der Waals surface area contributed by atoms with Crippen LogP contribution in [0.2, 0.25) is 0 Å². The van der Waals surface area contributed by atoms with Crippen LogP contribution in [0.5, 0.6) is 0 Å². The van der Waals surface area contributed by atoms with Gasteiger partial charge in [0, 0.05) is 18.9 Å². The van der Waals surface area contributed by atoms with Crippen LogP contribution in [0.25, 0.3) is 0 Å². The van der Waals surface area contributed by atoms with E-state index in [0.29, 0.717) is 12.2 Å². The second-order valence-corrected chi connectivity index (χ2v) is 6.84. The van der Waals surface area contributed by atoms with E-state index in [-0.39, 0.29) is 12.0 Å². The molecule has 4 rings (SSSR count). The Morgan fingerprint density at radius 2 is 2.08 bits per heavy atom. The van der Waals surface area contributed by atoms with E-state index in [4.69, 9.17) is 4.74 Å². The number of aryl methyl sites for hydroxylation is 2. The summed E-state index contributed by atoms with van der Waals surface area (Å²) in [4.78, 5) is 23.2. The van der Waals surface area contributed by atoms with Crippen LogP contribution in [0.1, 0.15) is 47.2 Å². The van der Waals surface area contributed by atoms with Gasteiger partial charge in [-0.25, -0.2) is 9.78 Å². The van der Waals surface area contributed by atoms with Gasteiger partial charge in [-0.1, -0.05) is 6.07 Å². The molecular formula is C20H23N3O2. The number of hydrogen-bond donors (Lipinski definition) is 0. The van der Waals surface area contributed by atoms with Crippen molar-refractivity contribution in [2.24, 2.45) is 0 Å². The molecule has 1 fully saturated rings. The molecule has 1 saturated heterocycles. The lowest BCUT2D eigenvalue weighted by Gasteiger charge is -2.35. The second-order valence-electron chi connectivity index (χ2n) is 6.84. The van der Waals surface area contributed by atoms with E-state index < -0.39 is 0 Å². The van der Waals surface area contributed by atoms with Crippen LogP contribution in [0, 0.1) is 0 Å². The number of rotatable bonds is 4. The summed E-state index contributed by atoms with van der Waals surface area (Å²) in [5, 5.41) is 0. The predicted octanol–water partition coefficient (Wildman–Crippen LogP) is 3.18. The van der Waals surface area contributed by atoms with Gasteiger partial charge in [0.15, 0.2) is 0 Å². The number of benzene rings is 1. The fourth-order valence-corrected chi connectivity index (χ4v) is 3.87. The summed E-state index contributed by atoms with van der Waals surface area (Å²) < 4.78 is 5.65. The van der Waals surface area contributed by atoms with Crippen molar-refractivity contribution in [2.75, 3.05) is 18.1 Å². The van der Waals surface area contributed by atoms with Crippen LogP contribution >= 0.6 is 0 Å². The molecule has 130 valence electrons. The number of carbonyl (C=O) groups is 1. The molecule has 0 saturated carbocycles. The minimum atomic E-state index is -0.223. The molecular weight excluding hydrogens is 314 g/mol. The molecule has 2 heterocycles. The largest absolute Gasteiger partial charge is 0.460 e. The first-order chi connectivity index (χ1) is 12.3. The third-order valence-electron chi connectivity index (χ3n) is 5.21. The van der Waals surface area contributed by atoms with Crippen molar-refractivity contribution in [1.82, 2.24) is 9.97 Å². The molecule has 2 aromatic rings. The summed E-state index contributed by atoms with van der Waals surface area (Å²) in [6.45, 7) is 1.33. The van der Waals surface area contributed by atoms with Gasteiger partial charge in [-0.3, -0.25) is 4.98 Å². The Morgan fingerprint density at radius 3 is 2.96 bits per heavy atom. The molecule has 1 aliphatic carbocycles. The summed E-state index contributed by atoms with van der Waals surface area (Å²) in [5.74, 6) is 0.639. The maximum Gasteiger partial charge on any atom is 0.338 e. The summed E-state index contributed by atoms with van der Waals surface area (Å²) >= 11 is 0. The lowest BCUT2D eigenvalue weighted by molar-refractivity contribution is 0.0467. The minimum absolute atomic E-state index is 0.170. The highest BCUT2D eigenvalue weighted by Gasteiger charge is 2.25. The average Bonchev–Trinajstić information content (AvgIpc) is 3.15. The number of fused-ring (bicyclic) bond motifs is 1. The monoisotopic (exact) mass is 337 g/mol. The SMILES string of the molecule is O=C(OCC1CCCCN1c1cnccn1)c1ccc2c(c1)CCC2. The Labute approximate surface area is 148 Å². The second kappa shape index (κ2) is 7.21. The average molecular weight is 337 g/mol. The van der Waals surface area contributed by atoms with E-state index in [9.17, 15) is 4.79 Å². The molecule has 1 unspecified atom stereocenters. The molecule has 0 N–H and O–H groups in total. The molecule has 1 atom stereocenters. The zero-order valence-electron chi connectivity index (χ0n) is 14.4. The Bertz CT molecular complexity index is 748. The van der Waals surface area contributed by atoms with E-state index >= 15 is 0 Å². The zero-order chi connectivity index (χ0) is 17.1. The topological polar surface area (TPSA) is 55.3 Å². The molecule has 1 aliphatic heterocycles. The summed E-state index contributed by atoms with van der Waals surface area (Å²) in [7, 11) is 0. The quantitative estimate of drug-likeness (QED) is 0.802. The molecule has 2 aliphatic rings. The van der Waals surface area contributed by atoms with Gasteiger partial charge in [0.2, 0.25) is 0 Å². The highest BCUT2D eigenvalue weighted by Crippen LogP contribution is 2.25. The van der Waals surface area contributed by atoms with Crippen LogP contribution in [0.4, 0.5) is 5.82 Å². The van der Waals surface area contributed by atoms with Gasteiger partial charge in [-0.2, -0.15) is 0 Å². The van der Waals surface area contributed by atoms with Gasteiger partial charge in [-0.15, -0.1) is 0 Å². The first kappa shape index (κ1) is 16.1. The van der Waals surface area contributed by atoms with Crippen LogP contribution in [-0.4, -0.2) is 35.1 Å². The van der Waals surface area contributed by atoms with Gasteiger partial charge < -0.3 is 9.64 Å². The fraction of sp³-hybridized carbons (Fsp3) is 0.450. The lowest BCUT2D eigenvalue weighted by Crippen LogP contribution is -2.43.